The van der Waals surface area contributed by atoms with E-state index in [1.54, 1.807) is 54.6 Å². The van der Waals surface area contributed by atoms with Crippen molar-refractivity contribution in [3.63, 3.8) is 0 Å². The Labute approximate surface area is 211 Å². The molecular formula is C27H26FN3O4S. The first-order valence-corrected chi connectivity index (χ1v) is 13.0. The Bertz CT molecular complexity index is 1310. The predicted molar refractivity (Wildman–Crippen MR) is 134 cm³/mol. The molecule has 2 aliphatic rings. The molecule has 3 aromatic carbocycles. The number of amides is 2. The first-order chi connectivity index (χ1) is 17.5. The van der Waals surface area contributed by atoms with Gasteiger partial charge in [0, 0.05) is 31.7 Å². The zero-order valence-electron chi connectivity index (χ0n) is 19.6. The second-order valence-electron chi connectivity index (χ2n) is 8.68. The number of morpholine rings is 1. The molecule has 0 aliphatic carbocycles. The van der Waals surface area contributed by atoms with Gasteiger partial charge in [0.1, 0.15) is 5.82 Å². The van der Waals surface area contributed by atoms with E-state index in [2.05, 4.69) is 10.2 Å². The first kappa shape index (κ1) is 24.3. The SMILES string of the molecule is O=C(NCCN1CCOCC1)c1ccc2c(c1)N(Cc1ccc(F)cc1)C(=O)c1ccccc1[S@@]2=O. The summed E-state index contributed by atoms with van der Waals surface area (Å²) >= 11 is 0. The summed E-state index contributed by atoms with van der Waals surface area (Å²) in [6, 6.07) is 17.6. The molecule has 36 heavy (non-hydrogen) atoms. The van der Waals surface area contributed by atoms with Crippen LogP contribution in [0.2, 0.25) is 0 Å². The van der Waals surface area contributed by atoms with Crippen LogP contribution in [0.4, 0.5) is 10.1 Å². The van der Waals surface area contributed by atoms with Gasteiger partial charge in [-0.1, -0.05) is 24.3 Å². The van der Waals surface area contributed by atoms with Crippen molar-refractivity contribution in [2.75, 3.05) is 44.3 Å². The van der Waals surface area contributed by atoms with E-state index in [9.17, 15) is 18.2 Å². The number of halogens is 1. The number of carbonyl (C=O) groups is 2. The number of hydrogen-bond donors (Lipinski definition) is 1. The lowest BCUT2D eigenvalue weighted by Gasteiger charge is -2.26. The molecule has 5 rings (SSSR count). The highest BCUT2D eigenvalue weighted by molar-refractivity contribution is 7.85. The smallest absolute Gasteiger partial charge is 0.259 e. The van der Waals surface area contributed by atoms with Crippen molar-refractivity contribution < 1.29 is 22.9 Å². The fraction of sp³-hybridized carbons (Fsp3) is 0.259. The maximum absolute atomic E-state index is 13.6. The van der Waals surface area contributed by atoms with E-state index in [1.807, 2.05) is 0 Å². The Morgan fingerprint density at radius 2 is 1.75 bits per heavy atom. The molecule has 0 saturated carbocycles. The van der Waals surface area contributed by atoms with Gasteiger partial charge in [-0.2, -0.15) is 0 Å². The van der Waals surface area contributed by atoms with E-state index in [0.717, 1.165) is 13.1 Å². The number of fused-ring (bicyclic) bond motifs is 2. The quantitative estimate of drug-likeness (QED) is 0.555. The van der Waals surface area contributed by atoms with Crippen molar-refractivity contribution in [3.05, 3.63) is 89.2 Å². The minimum atomic E-state index is -1.61. The fourth-order valence-electron chi connectivity index (χ4n) is 4.39. The van der Waals surface area contributed by atoms with E-state index in [1.165, 1.54) is 17.0 Å². The van der Waals surface area contributed by atoms with Crippen LogP contribution in [0.3, 0.4) is 0 Å². The zero-order valence-corrected chi connectivity index (χ0v) is 20.4. The van der Waals surface area contributed by atoms with E-state index < -0.39 is 10.8 Å². The topological polar surface area (TPSA) is 79.0 Å². The van der Waals surface area contributed by atoms with Crippen LogP contribution in [-0.4, -0.2) is 60.3 Å². The average Bonchev–Trinajstić information content (AvgIpc) is 2.99. The third kappa shape index (κ3) is 5.09. The van der Waals surface area contributed by atoms with Crippen LogP contribution in [0.1, 0.15) is 26.3 Å². The van der Waals surface area contributed by atoms with Crippen molar-refractivity contribution in [3.8, 4) is 0 Å². The van der Waals surface area contributed by atoms with Gasteiger partial charge in [-0.05, 0) is 48.0 Å². The van der Waals surface area contributed by atoms with Gasteiger partial charge in [0.15, 0.2) is 0 Å². The van der Waals surface area contributed by atoms with Crippen molar-refractivity contribution in [1.82, 2.24) is 10.2 Å². The lowest BCUT2D eigenvalue weighted by atomic mass is 10.1. The van der Waals surface area contributed by atoms with Crippen molar-refractivity contribution in [2.24, 2.45) is 0 Å². The lowest BCUT2D eigenvalue weighted by Crippen LogP contribution is -2.41. The molecule has 0 aromatic heterocycles. The summed E-state index contributed by atoms with van der Waals surface area (Å²) in [5.74, 6) is -0.969. The van der Waals surface area contributed by atoms with Gasteiger partial charge in [-0.3, -0.25) is 14.5 Å². The first-order valence-electron chi connectivity index (χ1n) is 11.8. The van der Waals surface area contributed by atoms with Gasteiger partial charge in [-0.25, -0.2) is 8.60 Å². The minimum Gasteiger partial charge on any atom is -0.379 e. The van der Waals surface area contributed by atoms with E-state index in [4.69, 9.17) is 4.74 Å². The van der Waals surface area contributed by atoms with Gasteiger partial charge in [0.25, 0.3) is 11.8 Å². The monoisotopic (exact) mass is 507 g/mol. The number of anilines is 1. The number of nitrogens with zero attached hydrogens (tertiary/aromatic N) is 2. The van der Waals surface area contributed by atoms with Gasteiger partial charge in [0.2, 0.25) is 0 Å². The maximum Gasteiger partial charge on any atom is 0.259 e. The maximum atomic E-state index is 13.6. The molecule has 1 atom stereocenters. The molecule has 0 radical (unpaired) electrons. The number of hydrogen-bond acceptors (Lipinski definition) is 5. The van der Waals surface area contributed by atoms with Crippen molar-refractivity contribution >= 4 is 28.3 Å². The zero-order chi connectivity index (χ0) is 25.1. The summed E-state index contributed by atoms with van der Waals surface area (Å²) in [6.07, 6.45) is 0. The second kappa shape index (κ2) is 10.7. The van der Waals surface area contributed by atoms with E-state index in [-0.39, 0.29) is 24.2 Å². The molecule has 0 unspecified atom stereocenters. The Balaban J connectivity index is 1.45. The summed E-state index contributed by atoms with van der Waals surface area (Å²) in [6.45, 7) is 4.38. The summed E-state index contributed by atoms with van der Waals surface area (Å²) in [4.78, 5) is 31.2. The Morgan fingerprint density at radius 3 is 2.53 bits per heavy atom. The van der Waals surface area contributed by atoms with Gasteiger partial charge >= 0.3 is 0 Å². The molecule has 9 heteroatoms. The molecule has 1 N–H and O–H groups in total. The number of rotatable bonds is 6. The number of ether oxygens (including phenoxy) is 1. The highest BCUT2D eigenvalue weighted by Gasteiger charge is 2.31. The standard InChI is InChI=1S/C27H26FN3O4S/c28-21-8-5-19(6-9-21)18-31-23-17-20(26(32)29-11-12-30-13-15-35-16-14-30)7-10-25(23)36(34)24-4-2-1-3-22(24)27(31)33/h1-10,17H,11-16,18H2,(H,29,32)/t36-/m0/s1. The van der Waals surface area contributed by atoms with Gasteiger partial charge < -0.3 is 15.0 Å². The second-order valence-corrected chi connectivity index (χ2v) is 10.1. The summed E-state index contributed by atoms with van der Waals surface area (Å²) in [7, 11) is -1.61. The summed E-state index contributed by atoms with van der Waals surface area (Å²) in [5, 5.41) is 2.94. The van der Waals surface area contributed by atoms with Crippen LogP contribution < -0.4 is 10.2 Å². The molecule has 1 fully saturated rings. The van der Waals surface area contributed by atoms with Crippen LogP contribution in [-0.2, 0) is 22.1 Å². The Morgan fingerprint density at radius 1 is 1.00 bits per heavy atom. The molecule has 3 aromatic rings. The molecule has 7 nitrogen and oxygen atoms in total. The molecule has 2 aliphatic heterocycles. The highest BCUT2D eigenvalue weighted by Crippen LogP contribution is 2.36. The number of benzene rings is 3. The van der Waals surface area contributed by atoms with Crippen LogP contribution >= 0.6 is 0 Å². The molecule has 2 heterocycles. The van der Waals surface area contributed by atoms with Crippen LogP contribution in [0.5, 0.6) is 0 Å². The fourth-order valence-corrected chi connectivity index (χ4v) is 5.73. The van der Waals surface area contributed by atoms with Crippen LogP contribution in [0.15, 0.2) is 76.5 Å². The highest BCUT2D eigenvalue weighted by atomic mass is 32.2. The van der Waals surface area contributed by atoms with Crippen molar-refractivity contribution in [2.45, 2.75) is 16.3 Å². The molecule has 1 saturated heterocycles. The Kier molecular flexibility index (Phi) is 7.22. The molecule has 186 valence electrons. The average molecular weight is 508 g/mol. The summed E-state index contributed by atoms with van der Waals surface area (Å²) < 4.78 is 32.3. The summed E-state index contributed by atoms with van der Waals surface area (Å²) in [5.41, 5.74) is 1.82. The van der Waals surface area contributed by atoms with Crippen LogP contribution in [0.25, 0.3) is 0 Å². The largest absolute Gasteiger partial charge is 0.379 e. The molecular weight excluding hydrogens is 481 g/mol. The number of nitrogens with one attached hydrogen (secondary N) is 1. The van der Waals surface area contributed by atoms with Gasteiger partial charge in [-0.15, -0.1) is 0 Å². The third-order valence-electron chi connectivity index (χ3n) is 6.35. The van der Waals surface area contributed by atoms with Gasteiger partial charge in [0.05, 0.1) is 51.6 Å². The normalized spacial score (nSPS) is 17.8. The Hall–Kier alpha value is -3.40. The predicted octanol–water partition coefficient (Wildman–Crippen LogP) is 3.21. The van der Waals surface area contributed by atoms with E-state index in [0.29, 0.717) is 58.5 Å². The van der Waals surface area contributed by atoms with Crippen molar-refractivity contribution in [1.29, 1.82) is 0 Å². The minimum absolute atomic E-state index is 0.139. The molecule has 0 spiro atoms. The molecule has 0 bridgehead atoms. The van der Waals surface area contributed by atoms with Crippen LogP contribution in [0, 0.1) is 5.82 Å². The third-order valence-corrected chi connectivity index (χ3v) is 7.85. The van der Waals surface area contributed by atoms with E-state index >= 15 is 0 Å². The lowest BCUT2D eigenvalue weighted by molar-refractivity contribution is 0.0383. The number of carbonyl (C=O) groups excluding carboxylic acids is 2. The molecule has 2 amide bonds.